The number of hydrogen-bond acceptors (Lipinski definition) is 2. The van der Waals surface area contributed by atoms with Crippen LogP contribution < -0.4 is 4.52 Å². The predicted octanol–water partition coefficient (Wildman–Crippen LogP) is 2.42. The van der Waals surface area contributed by atoms with Crippen LogP contribution >= 0.6 is 8.18 Å². The molecule has 11 heavy (non-hydrogen) atoms. The summed E-state index contributed by atoms with van der Waals surface area (Å²) in [5, 5.41) is 0. The van der Waals surface area contributed by atoms with Crippen LogP contribution in [0.5, 0.6) is 5.75 Å². The van der Waals surface area contributed by atoms with Gasteiger partial charge in [0.1, 0.15) is 0 Å². The van der Waals surface area contributed by atoms with Crippen molar-refractivity contribution in [3.05, 3.63) is 30.3 Å². The van der Waals surface area contributed by atoms with Crippen molar-refractivity contribution in [3.63, 3.8) is 0 Å². The smallest absolute Gasteiger partial charge is 0.234 e. The molecule has 0 heterocycles. The second kappa shape index (κ2) is 3.84. The molecule has 3 nitrogen and oxygen atoms in total. The van der Waals surface area contributed by atoms with Gasteiger partial charge in [-0.3, -0.25) is 0 Å². The topological polar surface area (TPSA) is 38.7 Å². The molecule has 0 aliphatic carbocycles. The zero-order valence-corrected chi connectivity index (χ0v) is 6.70. The van der Waals surface area contributed by atoms with E-state index in [-0.39, 0.29) is 0 Å². The van der Waals surface area contributed by atoms with Gasteiger partial charge < -0.3 is 0 Å². The molecule has 0 N–H and O–H groups in total. The molecule has 0 fully saturated rings. The van der Waals surface area contributed by atoms with Crippen molar-refractivity contribution >= 4 is 14.9 Å². The number of hydrogen-bond donors (Lipinski definition) is 0. The van der Waals surface area contributed by atoms with Gasteiger partial charge in [0.05, 0.1) is 0 Å². The molecule has 1 atom stereocenters. The first-order valence-electron chi connectivity index (χ1n) is 3.00. The number of rotatable bonds is 3. The van der Waals surface area contributed by atoms with Gasteiger partial charge in [0, 0.05) is 11.3 Å². The molecule has 0 amide bonds. The van der Waals surface area contributed by atoms with Crippen molar-refractivity contribution in [1.82, 2.24) is 0 Å². The molecule has 1 rings (SSSR count). The molecule has 1 aromatic rings. The van der Waals surface area contributed by atoms with E-state index in [0.29, 0.717) is 5.75 Å². The Bertz CT molecular complexity index is 260. The van der Waals surface area contributed by atoms with Gasteiger partial charge in [-0.05, 0) is 16.9 Å². The third kappa shape index (κ3) is 2.48. The molecule has 0 aromatic heterocycles. The number of benzene rings is 1. The lowest BCUT2D eigenvalue weighted by Crippen LogP contribution is -1.76. The zero-order valence-electron chi connectivity index (χ0n) is 5.80. The van der Waals surface area contributed by atoms with Crippen LogP contribution in [0, 0.1) is 0 Å². The Morgan fingerprint density at radius 2 is 2.00 bits per heavy atom. The van der Waals surface area contributed by atoms with E-state index in [4.69, 9.17) is 4.52 Å². The summed E-state index contributed by atoms with van der Waals surface area (Å²) in [6.07, 6.45) is 0. The fraction of sp³-hybridized carbons (Fsp3) is 0. The van der Waals surface area contributed by atoms with Crippen LogP contribution in [0.4, 0.5) is 0 Å². The van der Waals surface area contributed by atoms with Crippen LogP contribution in [0.15, 0.2) is 35.1 Å². The average Bonchev–Trinajstić information content (AvgIpc) is 2.06. The predicted molar refractivity (Wildman–Crippen MR) is 44.2 cm³/mol. The van der Waals surface area contributed by atoms with E-state index in [9.17, 15) is 4.57 Å². The van der Waals surface area contributed by atoms with Crippen LogP contribution in [0.2, 0.25) is 0 Å². The molecule has 0 aliphatic rings. The maximum absolute atomic E-state index is 10.7. The van der Waals surface area contributed by atoms with E-state index in [1.807, 2.05) is 6.07 Å². The van der Waals surface area contributed by atoms with E-state index >= 15 is 0 Å². The van der Waals surface area contributed by atoms with Gasteiger partial charge in [-0.15, -0.1) is 0 Å². The van der Waals surface area contributed by atoms with Crippen molar-refractivity contribution in [2.75, 3.05) is 0 Å². The third-order valence-corrected chi connectivity index (χ3v) is 1.64. The van der Waals surface area contributed by atoms with E-state index < -0.39 is 8.18 Å². The summed E-state index contributed by atoms with van der Waals surface area (Å²) in [5.41, 5.74) is 0. The highest BCUT2D eigenvalue weighted by Gasteiger charge is 2.14. The Hall–Kier alpha value is -1.21. The Labute approximate surface area is 65.7 Å². The minimum absolute atomic E-state index is 0.543. The molecule has 1 aromatic carbocycles. The maximum atomic E-state index is 10.7. The Morgan fingerprint density at radius 1 is 1.36 bits per heavy atom. The minimum atomic E-state index is -1.99. The lowest BCUT2D eigenvalue weighted by Gasteiger charge is -1.86. The van der Waals surface area contributed by atoms with Gasteiger partial charge in [0.25, 0.3) is 0 Å². The fourth-order valence-corrected chi connectivity index (χ4v) is 0.960. The van der Waals surface area contributed by atoms with Crippen molar-refractivity contribution in [1.29, 1.82) is 0 Å². The van der Waals surface area contributed by atoms with Gasteiger partial charge in [-0.25, -0.2) is 4.52 Å². The summed E-state index contributed by atoms with van der Waals surface area (Å²) in [6.45, 7) is 3.10. The van der Waals surface area contributed by atoms with E-state index in [1.54, 1.807) is 24.3 Å². The summed E-state index contributed by atoms with van der Waals surface area (Å²) in [4.78, 5) is 0. The molecule has 0 bridgehead atoms. The lowest BCUT2D eigenvalue weighted by atomic mass is 10.3. The molecule has 4 heteroatoms. The van der Waals surface area contributed by atoms with Crippen molar-refractivity contribution in [2.24, 2.45) is 4.76 Å². The summed E-state index contributed by atoms with van der Waals surface area (Å²) < 4.78 is 18.7. The number of nitrogens with zero attached hydrogens (tertiary/aromatic N) is 1. The summed E-state index contributed by atoms with van der Waals surface area (Å²) in [5.74, 6) is 0.543. The van der Waals surface area contributed by atoms with Crippen molar-refractivity contribution in [2.45, 2.75) is 0 Å². The van der Waals surface area contributed by atoms with Gasteiger partial charge in [-0.2, -0.15) is 0 Å². The normalized spacial score (nSPS) is 10.4. The largest absolute Gasteiger partial charge is 0.720 e. The Morgan fingerprint density at radius 3 is 2.55 bits per heavy atom. The van der Waals surface area contributed by atoms with Gasteiger partial charge in [0.15, 0.2) is 5.75 Å². The van der Waals surface area contributed by atoms with Crippen molar-refractivity contribution < 1.29 is 9.09 Å². The molecule has 0 aliphatic heterocycles. The lowest BCUT2D eigenvalue weighted by molar-refractivity contribution is 0.507. The zero-order chi connectivity index (χ0) is 8.10. The first-order chi connectivity index (χ1) is 5.33. The highest BCUT2D eigenvalue weighted by atomic mass is 31.1. The third-order valence-electron chi connectivity index (χ3n) is 1.04. The molecule has 1 unspecified atom stereocenters. The first kappa shape index (κ1) is 7.89. The SMILES string of the molecule is C=N[P+](=O)Oc1ccccc1. The Balaban J connectivity index is 2.65. The van der Waals surface area contributed by atoms with E-state index in [1.165, 1.54) is 0 Å². The van der Waals surface area contributed by atoms with E-state index in [0.717, 1.165) is 0 Å². The standard InChI is InChI=1S/C7H7NO2P/c1-8-11(9)10-7-5-3-2-4-6-7/h2-6H,1H2/q+1. The van der Waals surface area contributed by atoms with Crippen LogP contribution in [0.1, 0.15) is 0 Å². The molecule has 56 valence electrons. The van der Waals surface area contributed by atoms with Crippen molar-refractivity contribution in [3.8, 4) is 5.75 Å². The quantitative estimate of drug-likeness (QED) is 0.513. The van der Waals surface area contributed by atoms with Crippen LogP contribution in [-0.2, 0) is 4.57 Å². The summed E-state index contributed by atoms with van der Waals surface area (Å²) in [7, 11) is -1.99. The fourth-order valence-electron chi connectivity index (χ4n) is 0.600. The maximum Gasteiger partial charge on any atom is 0.720 e. The van der Waals surface area contributed by atoms with Gasteiger partial charge in [-0.1, -0.05) is 18.2 Å². The highest BCUT2D eigenvalue weighted by molar-refractivity contribution is 7.38. The van der Waals surface area contributed by atoms with Crippen LogP contribution in [0.3, 0.4) is 0 Å². The first-order valence-corrected chi connectivity index (χ1v) is 4.13. The number of para-hydroxylation sites is 1. The van der Waals surface area contributed by atoms with Gasteiger partial charge >= 0.3 is 8.18 Å². The van der Waals surface area contributed by atoms with E-state index in [2.05, 4.69) is 11.5 Å². The second-order valence-electron chi connectivity index (χ2n) is 1.78. The summed E-state index contributed by atoms with van der Waals surface area (Å²) >= 11 is 0. The minimum Gasteiger partial charge on any atom is -0.234 e. The second-order valence-corrected chi connectivity index (χ2v) is 2.72. The average molecular weight is 168 g/mol. The Kier molecular flexibility index (Phi) is 2.75. The van der Waals surface area contributed by atoms with Gasteiger partial charge in [0.2, 0.25) is 0 Å². The molecule has 0 radical (unpaired) electrons. The highest BCUT2D eigenvalue weighted by Crippen LogP contribution is 2.26. The molecule has 0 saturated heterocycles. The monoisotopic (exact) mass is 168 g/mol. The van der Waals surface area contributed by atoms with Crippen LogP contribution in [-0.4, -0.2) is 6.72 Å². The molecular weight excluding hydrogens is 161 g/mol. The van der Waals surface area contributed by atoms with Crippen LogP contribution in [0.25, 0.3) is 0 Å². The molecule has 0 saturated carbocycles. The molecule has 0 spiro atoms. The molecular formula is C7H7NO2P+. The summed E-state index contributed by atoms with van der Waals surface area (Å²) in [6, 6.07) is 8.85.